The smallest absolute Gasteiger partial charge is 0.130 e. The molecule has 0 heterocycles. The van der Waals surface area contributed by atoms with Gasteiger partial charge in [-0.05, 0) is 37.7 Å². The number of nitrogens with two attached hydrogens (primary N) is 1. The van der Waals surface area contributed by atoms with Crippen molar-refractivity contribution >= 4 is 0 Å². The lowest BCUT2D eigenvalue weighted by atomic mass is 10.0. The second-order valence-corrected chi connectivity index (χ2v) is 5.79. The number of halogens is 2. The van der Waals surface area contributed by atoms with Crippen LogP contribution in [-0.4, -0.2) is 24.0 Å². The summed E-state index contributed by atoms with van der Waals surface area (Å²) in [6.07, 6.45) is 4.89. The van der Waals surface area contributed by atoms with Gasteiger partial charge in [-0.1, -0.05) is 6.07 Å². The van der Waals surface area contributed by atoms with Crippen molar-refractivity contribution in [1.82, 2.24) is 4.90 Å². The average molecular weight is 266 g/mol. The summed E-state index contributed by atoms with van der Waals surface area (Å²) in [5, 5.41) is 0. The van der Waals surface area contributed by atoms with E-state index in [0.29, 0.717) is 18.2 Å². The standard InChI is InChI=1S/C15H20F2N2/c16-11-3-6-13(14(17)7-11)15(8-18)19(12-4-5-12)9-10-1-2-10/h3,6-7,10,12,15H,1-2,4-5,8-9,18H2. The SMILES string of the molecule is NCC(c1ccc(F)cc1F)N(CC1CC1)C1CC1. The Labute approximate surface area is 112 Å². The summed E-state index contributed by atoms with van der Waals surface area (Å²) >= 11 is 0. The Kier molecular flexibility index (Phi) is 3.54. The fourth-order valence-electron chi connectivity index (χ4n) is 2.75. The van der Waals surface area contributed by atoms with E-state index in [1.165, 1.54) is 31.7 Å². The highest BCUT2D eigenvalue weighted by Crippen LogP contribution is 2.39. The fraction of sp³-hybridized carbons (Fsp3) is 0.600. The van der Waals surface area contributed by atoms with Crippen molar-refractivity contribution in [1.29, 1.82) is 0 Å². The molecule has 0 bridgehead atoms. The van der Waals surface area contributed by atoms with Gasteiger partial charge in [-0.25, -0.2) is 8.78 Å². The number of rotatable bonds is 6. The maximum Gasteiger partial charge on any atom is 0.130 e. The minimum atomic E-state index is -0.530. The molecule has 0 amide bonds. The van der Waals surface area contributed by atoms with Crippen molar-refractivity contribution < 1.29 is 8.78 Å². The molecule has 2 aliphatic rings. The summed E-state index contributed by atoms with van der Waals surface area (Å²) in [5.74, 6) is -0.257. The molecule has 2 aliphatic carbocycles. The third kappa shape index (κ3) is 2.95. The van der Waals surface area contributed by atoms with Gasteiger partial charge in [-0.15, -0.1) is 0 Å². The first kappa shape index (κ1) is 13.0. The Morgan fingerprint density at radius 2 is 1.95 bits per heavy atom. The van der Waals surface area contributed by atoms with Crippen molar-refractivity contribution in [2.45, 2.75) is 37.8 Å². The quantitative estimate of drug-likeness (QED) is 0.858. The Morgan fingerprint density at radius 3 is 2.47 bits per heavy atom. The van der Waals surface area contributed by atoms with E-state index in [0.717, 1.165) is 18.5 Å². The summed E-state index contributed by atoms with van der Waals surface area (Å²) in [4.78, 5) is 2.34. The Hall–Kier alpha value is -1.00. The van der Waals surface area contributed by atoms with E-state index in [4.69, 9.17) is 5.73 Å². The predicted octanol–water partition coefficient (Wildman–Crippen LogP) is 2.84. The van der Waals surface area contributed by atoms with Crippen LogP contribution in [0.25, 0.3) is 0 Å². The zero-order valence-corrected chi connectivity index (χ0v) is 11.0. The number of hydrogen-bond acceptors (Lipinski definition) is 2. The maximum atomic E-state index is 14.0. The highest BCUT2D eigenvalue weighted by atomic mass is 19.1. The molecule has 2 saturated carbocycles. The van der Waals surface area contributed by atoms with Gasteiger partial charge in [0.05, 0.1) is 6.04 Å². The van der Waals surface area contributed by atoms with Crippen LogP contribution >= 0.6 is 0 Å². The number of hydrogen-bond donors (Lipinski definition) is 1. The van der Waals surface area contributed by atoms with E-state index in [1.807, 2.05) is 0 Å². The Morgan fingerprint density at radius 1 is 1.21 bits per heavy atom. The number of nitrogens with zero attached hydrogens (tertiary/aromatic N) is 1. The van der Waals surface area contributed by atoms with Crippen molar-refractivity contribution in [3.63, 3.8) is 0 Å². The van der Waals surface area contributed by atoms with Crippen LogP contribution in [0.4, 0.5) is 8.78 Å². The topological polar surface area (TPSA) is 29.3 Å². The summed E-state index contributed by atoms with van der Waals surface area (Å²) in [6, 6.07) is 4.25. The molecule has 104 valence electrons. The lowest BCUT2D eigenvalue weighted by molar-refractivity contribution is 0.179. The van der Waals surface area contributed by atoms with Crippen molar-refractivity contribution in [3.8, 4) is 0 Å². The molecule has 3 rings (SSSR count). The second kappa shape index (κ2) is 5.17. The van der Waals surface area contributed by atoms with Gasteiger partial charge in [-0.3, -0.25) is 4.90 Å². The summed E-state index contributed by atoms with van der Waals surface area (Å²) in [5.41, 5.74) is 6.41. The zero-order valence-electron chi connectivity index (χ0n) is 11.0. The first-order valence-electron chi connectivity index (χ1n) is 7.10. The minimum Gasteiger partial charge on any atom is -0.329 e. The highest BCUT2D eigenvalue weighted by Gasteiger charge is 2.38. The van der Waals surface area contributed by atoms with Crippen LogP contribution in [0.15, 0.2) is 18.2 Å². The Bertz CT molecular complexity index is 455. The molecule has 4 heteroatoms. The molecule has 2 N–H and O–H groups in total. The van der Waals surface area contributed by atoms with Crippen LogP contribution in [0.2, 0.25) is 0 Å². The summed E-state index contributed by atoms with van der Waals surface area (Å²) in [7, 11) is 0. The lowest BCUT2D eigenvalue weighted by Gasteiger charge is -2.31. The normalized spacial score (nSPS) is 20.8. The van der Waals surface area contributed by atoms with Gasteiger partial charge < -0.3 is 5.73 Å². The molecule has 0 spiro atoms. The molecule has 0 aromatic heterocycles. The van der Waals surface area contributed by atoms with Crippen LogP contribution in [0.3, 0.4) is 0 Å². The van der Waals surface area contributed by atoms with E-state index in [2.05, 4.69) is 4.90 Å². The molecule has 0 aliphatic heterocycles. The van der Waals surface area contributed by atoms with E-state index in [-0.39, 0.29) is 6.04 Å². The maximum absolute atomic E-state index is 14.0. The molecule has 0 radical (unpaired) electrons. The van der Waals surface area contributed by atoms with Crippen LogP contribution in [0.5, 0.6) is 0 Å². The third-order valence-corrected chi connectivity index (χ3v) is 4.13. The zero-order chi connectivity index (χ0) is 13.4. The van der Waals surface area contributed by atoms with Crippen LogP contribution in [0.1, 0.15) is 37.3 Å². The lowest BCUT2D eigenvalue weighted by Crippen LogP contribution is -2.37. The highest BCUT2D eigenvalue weighted by molar-refractivity contribution is 5.23. The van der Waals surface area contributed by atoms with E-state index >= 15 is 0 Å². The molecule has 1 aromatic carbocycles. The molecule has 2 fully saturated rings. The fourth-order valence-corrected chi connectivity index (χ4v) is 2.75. The predicted molar refractivity (Wildman–Crippen MR) is 70.6 cm³/mol. The monoisotopic (exact) mass is 266 g/mol. The van der Waals surface area contributed by atoms with Crippen LogP contribution < -0.4 is 5.73 Å². The molecule has 1 atom stereocenters. The largest absolute Gasteiger partial charge is 0.329 e. The first-order chi connectivity index (χ1) is 9.19. The Balaban J connectivity index is 1.83. The van der Waals surface area contributed by atoms with Crippen LogP contribution in [0, 0.1) is 17.6 Å². The molecule has 1 unspecified atom stereocenters. The molecular formula is C15H20F2N2. The van der Waals surface area contributed by atoms with E-state index in [1.54, 1.807) is 6.07 Å². The van der Waals surface area contributed by atoms with Crippen molar-refractivity contribution in [2.75, 3.05) is 13.1 Å². The summed E-state index contributed by atoms with van der Waals surface area (Å²) < 4.78 is 27.0. The van der Waals surface area contributed by atoms with Crippen molar-refractivity contribution in [2.24, 2.45) is 11.7 Å². The van der Waals surface area contributed by atoms with E-state index in [9.17, 15) is 8.78 Å². The molecule has 19 heavy (non-hydrogen) atoms. The second-order valence-electron chi connectivity index (χ2n) is 5.79. The van der Waals surface area contributed by atoms with Gasteiger partial charge >= 0.3 is 0 Å². The molecule has 2 nitrogen and oxygen atoms in total. The minimum absolute atomic E-state index is 0.117. The third-order valence-electron chi connectivity index (χ3n) is 4.13. The molecular weight excluding hydrogens is 246 g/mol. The first-order valence-corrected chi connectivity index (χ1v) is 7.10. The van der Waals surface area contributed by atoms with E-state index < -0.39 is 11.6 Å². The van der Waals surface area contributed by atoms with Gasteiger partial charge in [0.15, 0.2) is 0 Å². The van der Waals surface area contributed by atoms with Gasteiger partial charge in [0.25, 0.3) is 0 Å². The summed E-state index contributed by atoms with van der Waals surface area (Å²) in [6.45, 7) is 1.38. The average Bonchev–Trinajstić information content (AvgIpc) is 3.25. The van der Waals surface area contributed by atoms with Gasteiger partial charge in [0.1, 0.15) is 11.6 Å². The van der Waals surface area contributed by atoms with Crippen LogP contribution in [-0.2, 0) is 0 Å². The van der Waals surface area contributed by atoms with Gasteiger partial charge in [-0.2, -0.15) is 0 Å². The molecule has 1 aromatic rings. The van der Waals surface area contributed by atoms with Gasteiger partial charge in [0, 0.05) is 30.8 Å². The number of benzene rings is 1. The van der Waals surface area contributed by atoms with Gasteiger partial charge in [0.2, 0.25) is 0 Å². The molecule has 0 saturated heterocycles. The van der Waals surface area contributed by atoms with Crippen molar-refractivity contribution in [3.05, 3.63) is 35.4 Å².